The number of benzene rings is 1. The zero-order valence-corrected chi connectivity index (χ0v) is 15.1. The predicted octanol–water partition coefficient (Wildman–Crippen LogP) is 4.24. The number of hydrogen-bond donors (Lipinski definition) is 1. The molecule has 0 aliphatic heterocycles. The molecule has 0 fully saturated rings. The van der Waals surface area contributed by atoms with Crippen LogP contribution in [0.1, 0.15) is 13.8 Å². The number of rotatable bonds is 5. The molecule has 0 atom stereocenters. The van der Waals surface area contributed by atoms with E-state index in [1.54, 1.807) is 14.2 Å². The highest BCUT2D eigenvalue weighted by atomic mass is 32.1. The van der Waals surface area contributed by atoms with Crippen LogP contribution in [-0.2, 0) is 0 Å². The Morgan fingerprint density at radius 3 is 2.64 bits per heavy atom. The number of furan rings is 1. The van der Waals surface area contributed by atoms with E-state index in [4.69, 9.17) is 18.6 Å². The molecule has 0 spiro atoms. The van der Waals surface area contributed by atoms with Gasteiger partial charge in [0.2, 0.25) is 0 Å². The second-order valence-electron chi connectivity index (χ2n) is 5.73. The van der Waals surface area contributed by atoms with Gasteiger partial charge in [0.1, 0.15) is 17.1 Å². The number of methoxy groups -OCH3 is 2. The maximum atomic E-state index is 5.99. The second-order valence-corrected chi connectivity index (χ2v) is 6.71. The molecule has 0 bridgehead atoms. The van der Waals surface area contributed by atoms with Crippen molar-refractivity contribution in [2.75, 3.05) is 14.2 Å². The number of thiazole rings is 1. The average Bonchev–Trinajstić information content (AvgIpc) is 3.25. The molecule has 0 saturated heterocycles. The van der Waals surface area contributed by atoms with Crippen molar-refractivity contribution in [1.29, 1.82) is 0 Å². The van der Waals surface area contributed by atoms with E-state index in [0.29, 0.717) is 28.8 Å². The van der Waals surface area contributed by atoms with Crippen LogP contribution in [0.15, 0.2) is 22.6 Å². The molecule has 25 heavy (non-hydrogen) atoms. The molecule has 4 rings (SSSR count). The number of imidazole rings is 1. The van der Waals surface area contributed by atoms with Gasteiger partial charge >= 0.3 is 0 Å². The molecule has 8 heteroatoms. The van der Waals surface area contributed by atoms with Crippen molar-refractivity contribution in [2.45, 2.75) is 20.0 Å². The van der Waals surface area contributed by atoms with Crippen LogP contribution in [0.3, 0.4) is 0 Å². The van der Waals surface area contributed by atoms with Gasteiger partial charge in [-0.25, -0.2) is 4.98 Å². The molecule has 4 aromatic rings. The zero-order chi connectivity index (χ0) is 17.6. The predicted molar refractivity (Wildman–Crippen MR) is 95.8 cm³/mol. The Bertz CT molecular complexity index is 1020. The lowest BCUT2D eigenvalue weighted by Gasteiger charge is -2.11. The van der Waals surface area contributed by atoms with Crippen molar-refractivity contribution in [3.05, 3.63) is 18.2 Å². The summed E-state index contributed by atoms with van der Waals surface area (Å²) in [6.07, 6.45) is 0.0447. The SMILES string of the molecule is COc1cc(OC(C)C)c2cc(-c3nc4[nH]c(OC)nc4s3)oc2c1. The number of H-pyrrole nitrogens is 1. The van der Waals surface area contributed by atoms with Crippen molar-refractivity contribution in [2.24, 2.45) is 0 Å². The molecular weight excluding hydrogens is 342 g/mol. The van der Waals surface area contributed by atoms with E-state index in [0.717, 1.165) is 21.0 Å². The highest BCUT2D eigenvalue weighted by Gasteiger charge is 2.18. The van der Waals surface area contributed by atoms with Gasteiger partial charge in [-0.1, -0.05) is 11.3 Å². The van der Waals surface area contributed by atoms with E-state index in [9.17, 15) is 0 Å². The number of hydrogen-bond acceptors (Lipinski definition) is 7. The molecule has 0 radical (unpaired) electrons. The molecule has 1 N–H and O–H groups in total. The minimum atomic E-state index is 0.0447. The van der Waals surface area contributed by atoms with Crippen LogP contribution in [0.2, 0.25) is 0 Å². The summed E-state index contributed by atoms with van der Waals surface area (Å²) < 4.78 is 22.3. The lowest BCUT2D eigenvalue weighted by molar-refractivity contribution is 0.244. The fourth-order valence-electron chi connectivity index (χ4n) is 2.55. The van der Waals surface area contributed by atoms with E-state index >= 15 is 0 Å². The van der Waals surface area contributed by atoms with E-state index < -0.39 is 0 Å². The molecule has 7 nitrogen and oxygen atoms in total. The van der Waals surface area contributed by atoms with E-state index in [1.165, 1.54) is 11.3 Å². The number of aromatic amines is 1. The molecule has 3 aromatic heterocycles. The summed E-state index contributed by atoms with van der Waals surface area (Å²) in [4.78, 5) is 12.6. The second kappa shape index (κ2) is 5.96. The number of fused-ring (bicyclic) bond motifs is 2. The molecule has 0 amide bonds. The third kappa shape index (κ3) is 2.78. The molecule has 0 saturated carbocycles. The van der Waals surface area contributed by atoms with Gasteiger partial charge in [-0.2, -0.15) is 4.98 Å². The molecule has 1 aromatic carbocycles. The quantitative estimate of drug-likeness (QED) is 0.574. The zero-order valence-electron chi connectivity index (χ0n) is 14.2. The highest BCUT2D eigenvalue weighted by Crippen LogP contribution is 2.39. The lowest BCUT2D eigenvalue weighted by Crippen LogP contribution is -2.05. The Morgan fingerprint density at radius 2 is 1.96 bits per heavy atom. The Morgan fingerprint density at radius 1 is 1.12 bits per heavy atom. The Labute approximate surface area is 147 Å². The molecule has 3 heterocycles. The fourth-order valence-corrected chi connectivity index (χ4v) is 3.39. The van der Waals surface area contributed by atoms with Crippen LogP contribution in [0, 0.1) is 0 Å². The molecular formula is C17H17N3O4S. The number of nitrogens with zero attached hydrogens (tertiary/aromatic N) is 2. The van der Waals surface area contributed by atoms with Crippen molar-refractivity contribution < 1.29 is 18.6 Å². The topological polar surface area (TPSA) is 82.4 Å². The minimum absolute atomic E-state index is 0.0447. The molecule has 0 aliphatic carbocycles. The first-order valence-electron chi connectivity index (χ1n) is 7.76. The summed E-state index contributed by atoms with van der Waals surface area (Å²) >= 11 is 1.43. The first-order chi connectivity index (χ1) is 12.1. The summed E-state index contributed by atoms with van der Waals surface area (Å²) in [6, 6.07) is 6.08. The van der Waals surface area contributed by atoms with Crippen LogP contribution in [-0.4, -0.2) is 35.3 Å². The number of ether oxygens (including phenoxy) is 3. The summed E-state index contributed by atoms with van der Waals surface area (Å²) in [5.74, 6) is 2.06. The van der Waals surface area contributed by atoms with Crippen molar-refractivity contribution in [1.82, 2.24) is 15.0 Å². The summed E-state index contributed by atoms with van der Waals surface area (Å²) in [5.41, 5.74) is 1.36. The van der Waals surface area contributed by atoms with Crippen LogP contribution in [0.25, 0.3) is 32.2 Å². The standard InChI is InChI=1S/C17H17N3O4S/c1-8(2)23-11-5-9(21-3)6-12-10(11)7-13(24-12)15-18-14-16(25-15)20-17(19-14)22-4/h5-8H,1-4H3,(H,19,20). The average molecular weight is 359 g/mol. The van der Waals surface area contributed by atoms with Crippen LogP contribution >= 0.6 is 11.3 Å². The number of aromatic nitrogens is 3. The van der Waals surface area contributed by atoms with E-state index in [2.05, 4.69) is 15.0 Å². The Hall–Kier alpha value is -2.74. The van der Waals surface area contributed by atoms with E-state index in [-0.39, 0.29) is 6.10 Å². The summed E-state index contributed by atoms with van der Waals surface area (Å²) in [5, 5.41) is 1.62. The summed E-state index contributed by atoms with van der Waals surface area (Å²) in [6.45, 7) is 3.96. The van der Waals surface area contributed by atoms with Gasteiger partial charge in [0.15, 0.2) is 21.2 Å². The number of nitrogens with one attached hydrogen (secondary N) is 1. The lowest BCUT2D eigenvalue weighted by atomic mass is 10.2. The molecule has 0 unspecified atom stereocenters. The monoisotopic (exact) mass is 359 g/mol. The van der Waals surface area contributed by atoms with Crippen molar-refractivity contribution >= 4 is 32.8 Å². The normalized spacial score (nSPS) is 11.6. The third-order valence-corrected chi connectivity index (χ3v) is 4.58. The van der Waals surface area contributed by atoms with Crippen LogP contribution in [0.4, 0.5) is 0 Å². The molecule has 130 valence electrons. The molecule has 0 aliphatic rings. The first kappa shape index (κ1) is 15.8. The largest absolute Gasteiger partial charge is 0.496 e. The third-order valence-electron chi connectivity index (χ3n) is 3.61. The van der Waals surface area contributed by atoms with Crippen LogP contribution in [0.5, 0.6) is 17.5 Å². The van der Waals surface area contributed by atoms with E-state index in [1.807, 2.05) is 32.0 Å². The van der Waals surface area contributed by atoms with Crippen LogP contribution < -0.4 is 14.2 Å². The summed E-state index contributed by atoms with van der Waals surface area (Å²) in [7, 11) is 3.18. The smallest absolute Gasteiger partial charge is 0.296 e. The maximum absolute atomic E-state index is 5.99. The van der Waals surface area contributed by atoms with Gasteiger partial charge in [0.25, 0.3) is 6.01 Å². The minimum Gasteiger partial charge on any atom is -0.496 e. The van der Waals surface area contributed by atoms with Crippen molar-refractivity contribution in [3.8, 4) is 28.3 Å². The van der Waals surface area contributed by atoms with Gasteiger partial charge in [0, 0.05) is 12.1 Å². The van der Waals surface area contributed by atoms with Crippen molar-refractivity contribution in [3.63, 3.8) is 0 Å². The Balaban J connectivity index is 1.82. The first-order valence-corrected chi connectivity index (χ1v) is 8.58. The van der Waals surface area contributed by atoms with Gasteiger partial charge in [-0.3, -0.25) is 4.98 Å². The highest BCUT2D eigenvalue weighted by molar-refractivity contribution is 7.21. The fraction of sp³-hybridized carbons (Fsp3) is 0.294. The van der Waals surface area contributed by atoms with Gasteiger partial charge < -0.3 is 18.6 Å². The Kier molecular flexibility index (Phi) is 3.76. The maximum Gasteiger partial charge on any atom is 0.296 e. The van der Waals surface area contributed by atoms with Gasteiger partial charge in [0.05, 0.1) is 25.7 Å². The van der Waals surface area contributed by atoms with Gasteiger partial charge in [-0.15, -0.1) is 0 Å². The van der Waals surface area contributed by atoms with Gasteiger partial charge in [-0.05, 0) is 19.9 Å².